The van der Waals surface area contributed by atoms with Gasteiger partial charge in [-0.05, 0) is 32.2 Å². The first-order valence-electron chi connectivity index (χ1n) is 6.13. The van der Waals surface area contributed by atoms with E-state index in [1.807, 2.05) is 0 Å². The Morgan fingerprint density at radius 3 is 2.64 bits per heavy atom. The predicted molar refractivity (Wildman–Crippen MR) is 56.3 cm³/mol. The van der Waals surface area contributed by atoms with E-state index in [0.29, 0.717) is 5.54 Å². The minimum absolute atomic E-state index is 0.465. The van der Waals surface area contributed by atoms with Gasteiger partial charge >= 0.3 is 0 Å². The maximum absolute atomic E-state index is 5.43. The van der Waals surface area contributed by atoms with Crippen LogP contribution in [0.3, 0.4) is 0 Å². The normalized spacial score (nSPS) is 41.8. The van der Waals surface area contributed by atoms with Crippen molar-refractivity contribution in [2.24, 2.45) is 5.92 Å². The van der Waals surface area contributed by atoms with Gasteiger partial charge in [0.05, 0.1) is 18.8 Å². The summed E-state index contributed by atoms with van der Waals surface area (Å²) in [5.74, 6) is 0.978. The molecule has 1 aliphatic carbocycles. The zero-order valence-electron chi connectivity index (χ0n) is 9.17. The van der Waals surface area contributed by atoms with Crippen LogP contribution in [0.2, 0.25) is 0 Å². The van der Waals surface area contributed by atoms with Crippen molar-refractivity contribution in [1.82, 2.24) is 4.90 Å². The number of likely N-dealkylation sites (N-methyl/N-ethyl adjacent to an activating group) is 1. The van der Waals surface area contributed by atoms with Crippen LogP contribution in [-0.2, 0) is 4.74 Å². The standard InChI is InChI=1S/C12H21NO/c1-13-11-6-4-2-3-5-10(11)7-12(13)8-14-9-12/h10-11H,2-9H2,1H3. The van der Waals surface area contributed by atoms with E-state index in [-0.39, 0.29) is 0 Å². The van der Waals surface area contributed by atoms with Gasteiger partial charge in [0.25, 0.3) is 0 Å². The molecule has 0 amide bonds. The molecule has 3 fully saturated rings. The zero-order chi connectivity index (χ0) is 9.60. The Morgan fingerprint density at radius 2 is 1.93 bits per heavy atom. The molecule has 0 aromatic rings. The fraction of sp³-hybridized carbons (Fsp3) is 1.00. The molecule has 2 nitrogen and oxygen atoms in total. The maximum Gasteiger partial charge on any atom is 0.0681 e. The summed E-state index contributed by atoms with van der Waals surface area (Å²) in [5, 5.41) is 0. The van der Waals surface area contributed by atoms with Crippen molar-refractivity contribution < 1.29 is 4.74 Å². The molecular weight excluding hydrogens is 174 g/mol. The molecule has 1 spiro atoms. The van der Waals surface area contributed by atoms with Crippen LogP contribution < -0.4 is 0 Å². The van der Waals surface area contributed by atoms with Crippen LogP contribution in [0.15, 0.2) is 0 Å². The molecule has 2 heterocycles. The third-order valence-corrected chi connectivity index (χ3v) is 4.75. The highest BCUT2D eigenvalue weighted by molar-refractivity contribution is 5.07. The zero-order valence-corrected chi connectivity index (χ0v) is 9.17. The van der Waals surface area contributed by atoms with E-state index in [1.54, 1.807) is 0 Å². The first-order valence-corrected chi connectivity index (χ1v) is 6.13. The first kappa shape index (κ1) is 9.17. The van der Waals surface area contributed by atoms with Gasteiger partial charge in [-0.3, -0.25) is 4.90 Å². The van der Waals surface area contributed by atoms with Gasteiger partial charge in [-0.1, -0.05) is 19.3 Å². The van der Waals surface area contributed by atoms with E-state index in [9.17, 15) is 0 Å². The molecule has 0 bridgehead atoms. The van der Waals surface area contributed by atoms with Crippen LogP contribution in [0.1, 0.15) is 38.5 Å². The van der Waals surface area contributed by atoms with Crippen LogP contribution >= 0.6 is 0 Å². The third kappa shape index (κ3) is 1.17. The molecule has 3 rings (SSSR count). The summed E-state index contributed by atoms with van der Waals surface area (Å²) in [6.07, 6.45) is 8.69. The highest BCUT2D eigenvalue weighted by atomic mass is 16.5. The highest BCUT2D eigenvalue weighted by Gasteiger charge is 2.53. The van der Waals surface area contributed by atoms with Crippen molar-refractivity contribution in [3.05, 3.63) is 0 Å². The predicted octanol–water partition coefficient (Wildman–Crippen LogP) is 2.04. The number of likely N-dealkylation sites (tertiary alicyclic amines) is 1. The summed E-state index contributed by atoms with van der Waals surface area (Å²) in [6, 6.07) is 0.876. The van der Waals surface area contributed by atoms with Crippen LogP contribution in [0.5, 0.6) is 0 Å². The molecule has 1 saturated carbocycles. The molecule has 0 aromatic carbocycles. The van der Waals surface area contributed by atoms with E-state index >= 15 is 0 Å². The topological polar surface area (TPSA) is 12.5 Å². The average Bonchev–Trinajstić information content (AvgIpc) is 2.33. The number of ether oxygens (including phenoxy) is 1. The largest absolute Gasteiger partial charge is 0.377 e. The van der Waals surface area contributed by atoms with Crippen molar-refractivity contribution >= 4 is 0 Å². The number of hydrogen-bond acceptors (Lipinski definition) is 2. The van der Waals surface area contributed by atoms with Crippen molar-refractivity contribution in [1.29, 1.82) is 0 Å². The van der Waals surface area contributed by atoms with Gasteiger partial charge in [-0.25, -0.2) is 0 Å². The van der Waals surface area contributed by atoms with Gasteiger partial charge in [0, 0.05) is 6.04 Å². The van der Waals surface area contributed by atoms with E-state index in [4.69, 9.17) is 4.74 Å². The van der Waals surface area contributed by atoms with Crippen molar-refractivity contribution in [3.8, 4) is 0 Å². The molecule has 2 atom stereocenters. The van der Waals surface area contributed by atoms with Gasteiger partial charge in [0.2, 0.25) is 0 Å². The molecule has 3 aliphatic rings. The van der Waals surface area contributed by atoms with E-state index in [0.717, 1.165) is 25.2 Å². The number of hydrogen-bond donors (Lipinski definition) is 0. The second-order valence-electron chi connectivity index (χ2n) is 5.50. The SMILES string of the molecule is CN1C2CCCCCC2CC12COC2. The Bertz CT molecular complexity index is 224. The van der Waals surface area contributed by atoms with Crippen molar-refractivity contribution in [3.63, 3.8) is 0 Å². The molecule has 14 heavy (non-hydrogen) atoms. The molecule has 2 heteroatoms. The minimum Gasteiger partial charge on any atom is -0.377 e. The highest BCUT2D eigenvalue weighted by Crippen LogP contribution is 2.46. The minimum atomic E-state index is 0.465. The molecule has 2 saturated heterocycles. The summed E-state index contributed by atoms with van der Waals surface area (Å²) in [6.45, 7) is 1.99. The van der Waals surface area contributed by atoms with Crippen LogP contribution in [0, 0.1) is 5.92 Å². The fourth-order valence-electron chi connectivity index (χ4n) is 3.76. The Labute approximate surface area is 86.6 Å². The fourth-order valence-corrected chi connectivity index (χ4v) is 3.76. The molecule has 2 unspecified atom stereocenters. The lowest BCUT2D eigenvalue weighted by atomic mass is 9.87. The van der Waals surface area contributed by atoms with E-state index in [2.05, 4.69) is 11.9 Å². The Kier molecular flexibility index (Phi) is 2.10. The molecule has 0 N–H and O–H groups in total. The van der Waals surface area contributed by atoms with Gasteiger partial charge in [0.1, 0.15) is 0 Å². The quantitative estimate of drug-likeness (QED) is 0.586. The second-order valence-corrected chi connectivity index (χ2v) is 5.50. The summed E-state index contributed by atoms with van der Waals surface area (Å²) >= 11 is 0. The smallest absolute Gasteiger partial charge is 0.0681 e. The molecule has 0 radical (unpaired) electrons. The number of rotatable bonds is 0. The molecule has 2 aliphatic heterocycles. The Hall–Kier alpha value is -0.0800. The monoisotopic (exact) mass is 195 g/mol. The van der Waals surface area contributed by atoms with Crippen LogP contribution in [-0.4, -0.2) is 36.7 Å². The average molecular weight is 195 g/mol. The molecule has 80 valence electrons. The summed E-state index contributed by atoms with van der Waals surface area (Å²) in [7, 11) is 2.33. The second kappa shape index (κ2) is 3.21. The van der Waals surface area contributed by atoms with E-state index < -0.39 is 0 Å². The number of fused-ring (bicyclic) bond motifs is 1. The number of nitrogens with zero attached hydrogens (tertiary/aromatic N) is 1. The third-order valence-electron chi connectivity index (χ3n) is 4.75. The summed E-state index contributed by atoms with van der Waals surface area (Å²) in [5.41, 5.74) is 0.465. The van der Waals surface area contributed by atoms with Gasteiger partial charge in [0.15, 0.2) is 0 Å². The Morgan fingerprint density at radius 1 is 1.14 bits per heavy atom. The van der Waals surface area contributed by atoms with Crippen LogP contribution in [0.4, 0.5) is 0 Å². The lowest BCUT2D eigenvalue weighted by Gasteiger charge is -2.45. The summed E-state index contributed by atoms with van der Waals surface area (Å²) in [4.78, 5) is 2.66. The summed E-state index contributed by atoms with van der Waals surface area (Å²) < 4.78 is 5.43. The lowest BCUT2D eigenvalue weighted by Crippen LogP contribution is -2.58. The van der Waals surface area contributed by atoms with E-state index in [1.165, 1.54) is 38.5 Å². The maximum atomic E-state index is 5.43. The molecular formula is C12H21NO. The van der Waals surface area contributed by atoms with Crippen LogP contribution in [0.25, 0.3) is 0 Å². The van der Waals surface area contributed by atoms with Gasteiger partial charge in [-0.15, -0.1) is 0 Å². The Balaban J connectivity index is 1.79. The lowest BCUT2D eigenvalue weighted by molar-refractivity contribution is -0.122. The van der Waals surface area contributed by atoms with Gasteiger partial charge in [-0.2, -0.15) is 0 Å². The first-order chi connectivity index (χ1) is 6.82. The van der Waals surface area contributed by atoms with Crippen molar-refractivity contribution in [2.45, 2.75) is 50.1 Å². The van der Waals surface area contributed by atoms with Crippen molar-refractivity contribution in [2.75, 3.05) is 20.3 Å². The van der Waals surface area contributed by atoms with Gasteiger partial charge < -0.3 is 4.74 Å². The molecule has 0 aromatic heterocycles.